The maximum absolute atomic E-state index is 12.9. The Hall–Kier alpha value is -3.27. The molecule has 1 N–H and O–H groups in total. The number of nitrogens with zero attached hydrogens (tertiary/aromatic N) is 4. The molecule has 4 rings (SSSR count). The van der Waals surface area contributed by atoms with E-state index in [0.29, 0.717) is 23.7 Å². The second kappa shape index (κ2) is 8.23. The predicted octanol–water partition coefficient (Wildman–Crippen LogP) is 2.78. The van der Waals surface area contributed by atoms with Crippen LogP contribution in [0, 0.1) is 0 Å². The van der Waals surface area contributed by atoms with Crippen LogP contribution in [-0.2, 0) is 14.4 Å². The van der Waals surface area contributed by atoms with Crippen LogP contribution in [0.2, 0.25) is 0 Å². The van der Waals surface area contributed by atoms with Crippen molar-refractivity contribution in [1.29, 1.82) is 0 Å². The van der Waals surface area contributed by atoms with Gasteiger partial charge in [-0.3, -0.25) is 19.4 Å². The van der Waals surface area contributed by atoms with Crippen LogP contribution < -0.4 is 15.0 Å². The zero-order valence-corrected chi connectivity index (χ0v) is 17.6. The Morgan fingerprint density at radius 2 is 1.80 bits per heavy atom. The zero-order valence-electron chi connectivity index (χ0n) is 16.0. The number of anilines is 2. The molecule has 0 unspecified atom stereocenters. The first-order valence-electron chi connectivity index (χ1n) is 9.31. The molecule has 0 saturated carbocycles. The highest BCUT2D eigenvalue weighted by Gasteiger charge is 2.55. The van der Waals surface area contributed by atoms with Gasteiger partial charge < -0.3 is 10.1 Å². The lowest BCUT2D eigenvalue weighted by Gasteiger charge is -2.20. The molecule has 1 saturated heterocycles. The normalized spacial score (nSPS) is 19.9. The van der Waals surface area contributed by atoms with Crippen LogP contribution in [0.5, 0.6) is 5.75 Å². The first-order valence-corrected chi connectivity index (χ1v) is 10.1. The SMILES string of the molecule is CCOc1ccc(NC(=O)CN2N=N[C@H]3C(=O)N(c4ccc(Br)cc4)C(=O)[C@@H]32)cc1. The van der Waals surface area contributed by atoms with Gasteiger partial charge in [0.25, 0.3) is 11.8 Å². The van der Waals surface area contributed by atoms with E-state index < -0.39 is 23.9 Å². The molecule has 0 aromatic heterocycles. The summed E-state index contributed by atoms with van der Waals surface area (Å²) in [6.45, 7) is 2.24. The van der Waals surface area contributed by atoms with Gasteiger partial charge in [0.05, 0.1) is 12.3 Å². The van der Waals surface area contributed by atoms with Gasteiger partial charge in [-0.1, -0.05) is 21.2 Å². The maximum Gasteiger partial charge on any atom is 0.263 e. The molecule has 0 radical (unpaired) electrons. The van der Waals surface area contributed by atoms with E-state index >= 15 is 0 Å². The summed E-state index contributed by atoms with van der Waals surface area (Å²) in [4.78, 5) is 39.1. The highest BCUT2D eigenvalue weighted by molar-refractivity contribution is 9.10. The molecule has 10 heteroatoms. The van der Waals surface area contributed by atoms with Crippen molar-refractivity contribution >= 4 is 45.0 Å². The van der Waals surface area contributed by atoms with Gasteiger partial charge in [-0.05, 0) is 55.5 Å². The van der Waals surface area contributed by atoms with Crippen LogP contribution >= 0.6 is 15.9 Å². The van der Waals surface area contributed by atoms with E-state index in [1.807, 2.05) is 6.92 Å². The highest BCUT2D eigenvalue weighted by atomic mass is 79.9. The number of hydrogen-bond donors (Lipinski definition) is 1. The molecule has 0 spiro atoms. The molecule has 2 aromatic carbocycles. The average Bonchev–Trinajstić information content (AvgIpc) is 3.24. The molecule has 9 nitrogen and oxygen atoms in total. The van der Waals surface area contributed by atoms with Crippen molar-refractivity contribution in [3.8, 4) is 5.75 Å². The molecule has 2 aromatic rings. The smallest absolute Gasteiger partial charge is 0.263 e. The lowest BCUT2D eigenvalue weighted by atomic mass is 10.1. The number of fused-ring (bicyclic) bond motifs is 1. The fourth-order valence-electron chi connectivity index (χ4n) is 3.35. The lowest BCUT2D eigenvalue weighted by Crippen LogP contribution is -2.43. The third-order valence-corrected chi connectivity index (χ3v) is 5.23. The molecule has 3 amide bonds. The first-order chi connectivity index (χ1) is 14.5. The number of carbonyl (C=O) groups excluding carboxylic acids is 3. The van der Waals surface area contributed by atoms with Gasteiger partial charge in [-0.2, -0.15) is 5.11 Å². The summed E-state index contributed by atoms with van der Waals surface area (Å²) in [5.74, 6) is -0.576. The van der Waals surface area contributed by atoms with Crippen molar-refractivity contribution in [1.82, 2.24) is 5.01 Å². The van der Waals surface area contributed by atoms with Crippen LogP contribution in [0.4, 0.5) is 11.4 Å². The summed E-state index contributed by atoms with van der Waals surface area (Å²) in [7, 11) is 0. The Morgan fingerprint density at radius 3 is 2.47 bits per heavy atom. The summed E-state index contributed by atoms with van der Waals surface area (Å²) in [5, 5.41) is 11.8. The number of carbonyl (C=O) groups is 3. The number of halogens is 1. The molecule has 1 fully saturated rings. The van der Waals surface area contributed by atoms with Crippen LogP contribution in [-0.4, -0.2) is 48.0 Å². The standard InChI is InChI=1S/C20H18BrN5O4/c1-2-30-15-9-5-13(6-10-15)22-16(27)11-25-18-17(23-24-25)19(28)26(20(18)29)14-7-3-12(21)4-8-14/h3-10,17-18H,2,11H2,1H3,(H,22,27)/t17-,18-/m1/s1. The third kappa shape index (κ3) is 3.78. The fourth-order valence-corrected chi connectivity index (χ4v) is 3.61. The van der Waals surface area contributed by atoms with Gasteiger partial charge in [-0.15, -0.1) is 0 Å². The maximum atomic E-state index is 12.9. The topological polar surface area (TPSA) is 104 Å². The van der Waals surface area contributed by atoms with Crippen molar-refractivity contribution in [3.05, 3.63) is 53.0 Å². The molecule has 154 valence electrons. The van der Waals surface area contributed by atoms with Crippen molar-refractivity contribution in [2.45, 2.75) is 19.0 Å². The molecule has 0 aliphatic carbocycles. The Kier molecular flexibility index (Phi) is 5.49. The number of benzene rings is 2. The summed E-state index contributed by atoms with van der Waals surface area (Å²) < 4.78 is 6.20. The van der Waals surface area contributed by atoms with Crippen molar-refractivity contribution in [2.75, 3.05) is 23.4 Å². The van der Waals surface area contributed by atoms with Crippen LogP contribution in [0.25, 0.3) is 0 Å². The quantitative estimate of drug-likeness (QED) is 0.652. The Morgan fingerprint density at radius 1 is 1.10 bits per heavy atom. The van der Waals surface area contributed by atoms with Crippen LogP contribution in [0.3, 0.4) is 0 Å². The number of imide groups is 1. The molecule has 30 heavy (non-hydrogen) atoms. The van der Waals surface area contributed by atoms with E-state index in [1.165, 1.54) is 5.01 Å². The van der Waals surface area contributed by atoms with E-state index in [1.54, 1.807) is 48.5 Å². The summed E-state index contributed by atoms with van der Waals surface area (Å²) >= 11 is 3.33. The monoisotopic (exact) mass is 471 g/mol. The number of rotatable bonds is 6. The molecule has 2 aliphatic heterocycles. The van der Waals surface area contributed by atoms with E-state index in [0.717, 1.165) is 9.37 Å². The lowest BCUT2D eigenvalue weighted by molar-refractivity contribution is -0.123. The highest BCUT2D eigenvalue weighted by Crippen LogP contribution is 2.32. The van der Waals surface area contributed by atoms with Crippen LogP contribution in [0.15, 0.2) is 63.3 Å². The van der Waals surface area contributed by atoms with E-state index in [-0.39, 0.29) is 12.5 Å². The van der Waals surface area contributed by atoms with Crippen molar-refractivity contribution < 1.29 is 19.1 Å². The molecule has 2 aliphatic rings. The summed E-state index contributed by atoms with van der Waals surface area (Å²) in [5.41, 5.74) is 1.04. The molecular weight excluding hydrogens is 454 g/mol. The van der Waals surface area contributed by atoms with Crippen molar-refractivity contribution in [3.63, 3.8) is 0 Å². The Bertz CT molecular complexity index is 1010. The Balaban J connectivity index is 1.43. The van der Waals surface area contributed by atoms with Crippen molar-refractivity contribution in [2.24, 2.45) is 10.3 Å². The van der Waals surface area contributed by atoms with Gasteiger partial charge in [0.15, 0.2) is 12.1 Å². The minimum Gasteiger partial charge on any atom is -0.494 e. The van der Waals surface area contributed by atoms with E-state index in [9.17, 15) is 14.4 Å². The summed E-state index contributed by atoms with van der Waals surface area (Å²) in [6, 6.07) is 11.9. The molecule has 2 heterocycles. The molecular formula is C20H18BrN5O4. The number of hydrogen-bond acceptors (Lipinski definition) is 7. The predicted molar refractivity (Wildman–Crippen MR) is 112 cm³/mol. The Labute approximate surface area is 180 Å². The van der Waals surface area contributed by atoms with Gasteiger partial charge in [-0.25, -0.2) is 4.90 Å². The molecule has 0 bridgehead atoms. The summed E-state index contributed by atoms with van der Waals surface area (Å²) in [6.07, 6.45) is 0. The van der Waals surface area contributed by atoms with E-state index in [4.69, 9.17) is 4.74 Å². The fraction of sp³-hybridized carbons (Fsp3) is 0.250. The minimum absolute atomic E-state index is 0.203. The van der Waals surface area contributed by atoms with Gasteiger partial charge >= 0.3 is 0 Å². The van der Waals surface area contributed by atoms with Gasteiger partial charge in [0.1, 0.15) is 12.3 Å². The second-order valence-corrected chi connectivity index (χ2v) is 7.60. The van der Waals surface area contributed by atoms with Crippen LogP contribution in [0.1, 0.15) is 6.92 Å². The third-order valence-electron chi connectivity index (χ3n) is 4.70. The molecule has 2 atom stereocenters. The first kappa shape index (κ1) is 20.0. The number of nitrogens with one attached hydrogen (secondary N) is 1. The largest absolute Gasteiger partial charge is 0.494 e. The second-order valence-electron chi connectivity index (χ2n) is 6.69. The zero-order chi connectivity index (χ0) is 21.3. The van der Waals surface area contributed by atoms with Gasteiger partial charge in [0, 0.05) is 10.2 Å². The average molecular weight is 472 g/mol. The minimum atomic E-state index is -0.945. The number of amides is 3. The number of ether oxygens (including phenoxy) is 1. The van der Waals surface area contributed by atoms with Gasteiger partial charge in [0.2, 0.25) is 5.91 Å². The van der Waals surface area contributed by atoms with E-state index in [2.05, 4.69) is 31.6 Å².